The molecule has 0 aliphatic heterocycles. The van der Waals surface area contributed by atoms with Crippen molar-refractivity contribution < 1.29 is 13.2 Å². The zero-order chi connectivity index (χ0) is 15.5. The number of carbonyl (C=O) groups is 1. The molecule has 0 bridgehead atoms. The van der Waals surface area contributed by atoms with Gasteiger partial charge in [-0.05, 0) is 24.1 Å². The molecular weight excluding hydrogens is 300 g/mol. The quantitative estimate of drug-likeness (QED) is 0.868. The van der Waals surface area contributed by atoms with Crippen molar-refractivity contribution in [3.05, 3.63) is 23.2 Å². The predicted molar refractivity (Wildman–Crippen MR) is 80.6 cm³/mol. The number of sulfone groups is 1. The summed E-state index contributed by atoms with van der Waals surface area (Å²) in [6.45, 7) is 4.00. The Morgan fingerprint density at radius 2 is 2.00 bits per heavy atom. The van der Waals surface area contributed by atoms with Gasteiger partial charge in [-0.15, -0.1) is 0 Å². The molecule has 1 unspecified atom stereocenters. The van der Waals surface area contributed by atoms with Crippen LogP contribution in [0.4, 0.5) is 5.69 Å². The number of anilines is 1. The fraction of sp³-hybridized carbons (Fsp3) is 0.462. The number of nitrogens with two attached hydrogens (primary N) is 1. The van der Waals surface area contributed by atoms with E-state index in [9.17, 15) is 13.2 Å². The number of carbonyl (C=O) groups excluding carboxylic acids is 1. The summed E-state index contributed by atoms with van der Waals surface area (Å²) in [5, 5.41) is 2.92. The first-order chi connectivity index (χ1) is 9.16. The van der Waals surface area contributed by atoms with E-state index in [0.717, 1.165) is 6.26 Å². The van der Waals surface area contributed by atoms with E-state index >= 15 is 0 Å². The van der Waals surface area contributed by atoms with Crippen molar-refractivity contribution in [3.8, 4) is 0 Å². The number of benzene rings is 1. The maximum Gasteiger partial charge on any atom is 0.229 e. The lowest BCUT2D eigenvalue weighted by Gasteiger charge is -2.19. The van der Waals surface area contributed by atoms with Crippen LogP contribution in [0.3, 0.4) is 0 Å². The Balaban J connectivity index is 3.06. The minimum absolute atomic E-state index is 0.0804. The van der Waals surface area contributed by atoms with E-state index in [1.54, 1.807) is 0 Å². The van der Waals surface area contributed by atoms with Crippen LogP contribution in [0.25, 0.3) is 0 Å². The fourth-order valence-electron chi connectivity index (χ4n) is 1.74. The Bertz CT molecular complexity index is 600. The Labute approximate surface area is 124 Å². The third-order valence-electron chi connectivity index (χ3n) is 3.02. The van der Waals surface area contributed by atoms with Crippen molar-refractivity contribution in [2.75, 3.05) is 18.1 Å². The lowest BCUT2D eigenvalue weighted by molar-refractivity contribution is -0.120. The zero-order valence-corrected chi connectivity index (χ0v) is 13.3. The lowest BCUT2D eigenvalue weighted by Crippen LogP contribution is -2.33. The standard InChI is InChI=1S/C13H19ClN2O3S/c1-8(2)10(7-15)13(17)16-12-6-9(20(3,18)19)4-5-11(12)14/h4-6,8,10H,7,15H2,1-3H3,(H,16,17). The van der Waals surface area contributed by atoms with E-state index in [1.165, 1.54) is 18.2 Å². The van der Waals surface area contributed by atoms with Gasteiger partial charge < -0.3 is 11.1 Å². The van der Waals surface area contributed by atoms with Crippen molar-refractivity contribution in [2.24, 2.45) is 17.6 Å². The SMILES string of the molecule is CC(C)C(CN)C(=O)Nc1cc(S(C)(=O)=O)ccc1Cl. The molecule has 1 aromatic rings. The van der Waals surface area contributed by atoms with Gasteiger partial charge in [-0.1, -0.05) is 25.4 Å². The number of rotatable bonds is 5. The van der Waals surface area contributed by atoms with Crippen molar-refractivity contribution in [1.29, 1.82) is 0 Å². The van der Waals surface area contributed by atoms with Gasteiger partial charge in [0, 0.05) is 12.8 Å². The van der Waals surface area contributed by atoms with Crippen molar-refractivity contribution >= 4 is 33.0 Å². The number of halogens is 1. The molecule has 5 nitrogen and oxygen atoms in total. The molecule has 0 saturated heterocycles. The average Bonchev–Trinajstić information content (AvgIpc) is 2.30. The average molecular weight is 319 g/mol. The van der Waals surface area contributed by atoms with Crippen LogP contribution in [0.1, 0.15) is 13.8 Å². The van der Waals surface area contributed by atoms with Gasteiger partial charge in [0.2, 0.25) is 5.91 Å². The largest absolute Gasteiger partial charge is 0.330 e. The summed E-state index contributed by atoms with van der Waals surface area (Å²) in [5.41, 5.74) is 5.85. The minimum atomic E-state index is -3.35. The van der Waals surface area contributed by atoms with Crippen molar-refractivity contribution in [1.82, 2.24) is 0 Å². The van der Waals surface area contributed by atoms with Gasteiger partial charge in [0.05, 0.1) is 21.5 Å². The van der Waals surface area contributed by atoms with Gasteiger partial charge >= 0.3 is 0 Å². The van der Waals surface area contributed by atoms with Crippen LogP contribution in [0.2, 0.25) is 5.02 Å². The molecule has 20 heavy (non-hydrogen) atoms. The van der Waals surface area contributed by atoms with E-state index in [-0.39, 0.29) is 39.9 Å². The second-order valence-electron chi connectivity index (χ2n) is 4.99. The van der Waals surface area contributed by atoms with Crippen LogP contribution in [-0.4, -0.2) is 27.1 Å². The lowest BCUT2D eigenvalue weighted by atomic mass is 9.95. The molecule has 3 N–H and O–H groups in total. The molecule has 1 atom stereocenters. The Morgan fingerprint density at radius 1 is 1.40 bits per heavy atom. The monoisotopic (exact) mass is 318 g/mol. The summed E-state index contributed by atoms with van der Waals surface area (Å²) < 4.78 is 23.0. The molecule has 0 spiro atoms. The Morgan fingerprint density at radius 3 is 2.45 bits per heavy atom. The summed E-state index contributed by atoms with van der Waals surface area (Å²) in [6, 6.07) is 4.19. The summed E-state index contributed by atoms with van der Waals surface area (Å²) in [6.07, 6.45) is 1.10. The summed E-state index contributed by atoms with van der Waals surface area (Å²) in [7, 11) is -3.35. The first kappa shape index (κ1) is 16.9. The van der Waals surface area contributed by atoms with Crippen LogP contribution in [0, 0.1) is 11.8 Å². The van der Waals surface area contributed by atoms with Gasteiger partial charge in [0.15, 0.2) is 9.84 Å². The van der Waals surface area contributed by atoms with Crippen LogP contribution in [0.15, 0.2) is 23.1 Å². The summed E-state index contributed by atoms with van der Waals surface area (Å²) in [5.74, 6) is -0.542. The molecule has 112 valence electrons. The smallest absolute Gasteiger partial charge is 0.229 e. The zero-order valence-electron chi connectivity index (χ0n) is 11.7. The molecule has 0 heterocycles. The first-order valence-electron chi connectivity index (χ1n) is 6.17. The Kier molecular flexibility index (Phi) is 5.56. The van der Waals surface area contributed by atoms with E-state index in [1.807, 2.05) is 13.8 Å². The molecule has 0 aliphatic carbocycles. The van der Waals surface area contributed by atoms with E-state index in [2.05, 4.69) is 5.32 Å². The third kappa shape index (κ3) is 4.19. The van der Waals surface area contributed by atoms with Crippen LogP contribution >= 0.6 is 11.6 Å². The highest BCUT2D eigenvalue weighted by Gasteiger charge is 2.21. The van der Waals surface area contributed by atoms with Crippen LogP contribution in [-0.2, 0) is 14.6 Å². The predicted octanol–water partition coefficient (Wildman–Crippen LogP) is 1.91. The van der Waals surface area contributed by atoms with Gasteiger partial charge in [0.25, 0.3) is 0 Å². The molecule has 0 aliphatic rings. The number of amides is 1. The first-order valence-corrected chi connectivity index (χ1v) is 8.44. The third-order valence-corrected chi connectivity index (χ3v) is 4.46. The van der Waals surface area contributed by atoms with E-state index in [0.29, 0.717) is 0 Å². The van der Waals surface area contributed by atoms with E-state index < -0.39 is 9.84 Å². The Hall–Kier alpha value is -1.11. The molecule has 1 amide bonds. The highest BCUT2D eigenvalue weighted by atomic mass is 35.5. The topological polar surface area (TPSA) is 89.3 Å². The number of hydrogen-bond acceptors (Lipinski definition) is 4. The number of nitrogens with one attached hydrogen (secondary N) is 1. The van der Waals surface area contributed by atoms with Crippen molar-refractivity contribution in [3.63, 3.8) is 0 Å². The van der Waals surface area contributed by atoms with E-state index in [4.69, 9.17) is 17.3 Å². The minimum Gasteiger partial charge on any atom is -0.330 e. The fourth-order valence-corrected chi connectivity index (χ4v) is 2.55. The molecule has 7 heteroatoms. The van der Waals surface area contributed by atoms with Gasteiger partial charge in [-0.3, -0.25) is 4.79 Å². The van der Waals surface area contributed by atoms with Gasteiger partial charge in [-0.2, -0.15) is 0 Å². The molecule has 0 aromatic heterocycles. The molecule has 0 saturated carbocycles. The molecule has 0 radical (unpaired) electrons. The molecule has 1 aromatic carbocycles. The maximum atomic E-state index is 12.1. The number of hydrogen-bond donors (Lipinski definition) is 2. The van der Waals surface area contributed by atoms with Gasteiger partial charge in [-0.25, -0.2) is 8.42 Å². The summed E-state index contributed by atoms with van der Waals surface area (Å²) in [4.78, 5) is 12.2. The second kappa shape index (κ2) is 6.56. The van der Waals surface area contributed by atoms with Crippen LogP contribution in [0.5, 0.6) is 0 Å². The normalized spacial score (nSPS) is 13.3. The molecule has 0 fully saturated rings. The molecule has 1 rings (SSSR count). The van der Waals surface area contributed by atoms with Crippen molar-refractivity contribution in [2.45, 2.75) is 18.7 Å². The maximum absolute atomic E-state index is 12.1. The highest BCUT2D eigenvalue weighted by Crippen LogP contribution is 2.26. The summed E-state index contributed by atoms with van der Waals surface area (Å²) >= 11 is 5.98. The van der Waals surface area contributed by atoms with Crippen LogP contribution < -0.4 is 11.1 Å². The second-order valence-corrected chi connectivity index (χ2v) is 7.41. The van der Waals surface area contributed by atoms with Gasteiger partial charge in [0.1, 0.15) is 0 Å². The molecular formula is C13H19ClN2O3S. The highest BCUT2D eigenvalue weighted by molar-refractivity contribution is 7.90.